The summed E-state index contributed by atoms with van der Waals surface area (Å²) in [6, 6.07) is 9.33. The molecule has 3 N–H and O–H groups in total. The monoisotopic (exact) mass is 387 g/mol. The van der Waals surface area contributed by atoms with Gasteiger partial charge in [0.2, 0.25) is 11.8 Å². The van der Waals surface area contributed by atoms with Crippen LogP contribution in [-0.2, 0) is 19.6 Å². The van der Waals surface area contributed by atoms with Crippen LogP contribution in [0.25, 0.3) is 0 Å². The van der Waals surface area contributed by atoms with E-state index >= 15 is 0 Å². The third-order valence-corrected chi connectivity index (χ3v) is 5.83. The highest BCUT2D eigenvalue weighted by molar-refractivity contribution is 7.91. The summed E-state index contributed by atoms with van der Waals surface area (Å²) in [5.41, 5.74) is 0.957. The van der Waals surface area contributed by atoms with Gasteiger partial charge in [0.05, 0.1) is 10.9 Å². The average Bonchev–Trinajstić information content (AvgIpc) is 2.92. The van der Waals surface area contributed by atoms with Gasteiger partial charge >= 0.3 is 0 Å². The molecule has 0 aliphatic rings. The summed E-state index contributed by atoms with van der Waals surface area (Å²) in [6.07, 6.45) is 0. The highest BCUT2D eigenvalue weighted by Crippen LogP contribution is 2.25. The molecule has 0 atom stereocenters. The minimum Gasteiger partial charge on any atom is -0.326 e. The number of hydrogen-bond donors (Lipinski definition) is 3. The Hall–Kier alpha value is -1.94. The van der Waals surface area contributed by atoms with Crippen molar-refractivity contribution in [2.75, 3.05) is 17.2 Å². The Labute approximate surface area is 148 Å². The van der Waals surface area contributed by atoms with E-state index in [1.54, 1.807) is 24.3 Å². The zero-order valence-electron chi connectivity index (χ0n) is 12.5. The smallest absolute Gasteiger partial charge is 0.250 e. The highest BCUT2D eigenvalue weighted by atomic mass is 35.5. The summed E-state index contributed by atoms with van der Waals surface area (Å²) >= 11 is 6.61. The summed E-state index contributed by atoms with van der Waals surface area (Å²) in [6.45, 7) is 0.944. The van der Waals surface area contributed by atoms with Gasteiger partial charge in [-0.15, -0.1) is 11.3 Å². The lowest BCUT2D eigenvalue weighted by Crippen LogP contribution is -2.32. The van der Waals surface area contributed by atoms with Crippen molar-refractivity contribution in [2.45, 2.75) is 11.1 Å². The molecular weight excluding hydrogens is 374 g/mol. The van der Waals surface area contributed by atoms with Gasteiger partial charge in [0, 0.05) is 18.3 Å². The van der Waals surface area contributed by atoms with Crippen molar-refractivity contribution in [1.29, 1.82) is 0 Å². The molecule has 1 aromatic carbocycles. The molecule has 24 heavy (non-hydrogen) atoms. The lowest BCUT2D eigenvalue weighted by molar-refractivity contribution is -0.115. The van der Waals surface area contributed by atoms with Crippen molar-refractivity contribution in [2.24, 2.45) is 0 Å². The average molecular weight is 388 g/mol. The van der Waals surface area contributed by atoms with Crippen LogP contribution in [0, 0.1) is 0 Å². The van der Waals surface area contributed by atoms with E-state index in [-0.39, 0.29) is 10.1 Å². The van der Waals surface area contributed by atoms with Crippen LogP contribution in [0.15, 0.2) is 40.6 Å². The fourth-order valence-corrected chi connectivity index (χ4v) is 4.27. The maximum atomic E-state index is 12.0. The summed E-state index contributed by atoms with van der Waals surface area (Å²) in [5.74, 6) is -0.776. The lowest BCUT2D eigenvalue weighted by atomic mass is 10.2. The number of carbonyl (C=O) groups is 2. The Morgan fingerprint density at radius 2 is 1.79 bits per heavy atom. The Kier molecular flexibility index (Phi) is 5.94. The van der Waals surface area contributed by atoms with Crippen LogP contribution < -0.4 is 15.4 Å². The summed E-state index contributed by atoms with van der Waals surface area (Å²) in [4.78, 5) is 22.9. The van der Waals surface area contributed by atoms with Gasteiger partial charge in [-0.25, -0.2) is 13.1 Å². The Morgan fingerprint density at radius 3 is 2.38 bits per heavy atom. The molecule has 0 saturated heterocycles. The van der Waals surface area contributed by atoms with E-state index < -0.39 is 22.5 Å². The minimum absolute atomic E-state index is 0.0351. The van der Waals surface area contributed by atoms with Crippen LogP contribution in [0.5, 0.6) is 0 Å². The predicted molar refractivity (Wildman–Crippen MR) is 93.9 cm³/mol. The number of sulfonamides is 1. The van der Waals surface area contributed by atoms with Gasteiger partial charge in [0.1, 0.15) is 4.21 Å². The number of nitrogens with one attached hydrogen (secondary N) is 3. The van der Waals surface area contributed by atoms with E-state index in [1.165, 1.54) is 19.1 Å². The molecule has 0 spiro atoms. The number of halogens is 1. The quantitative estimate of drug-likeness (QED) is 0.707. The largest absolute Gasteiger partial charge is 0.326 e. The zero-order chi connectivity index (χ0) is 17.7. The van der Waals surface area contributed by atoms with Crippen LogP contribution in [-0.4, -0.2) is 26.8 Å². The molecule has 0 unspecified atom stereocenters. The van der Waals surface area contributed by atoms with Crippen LogP contribution in [0.1, 0.15) is 6.92 Å². The Balaban J connectivity index is 1.95. The lowest BCUT2D eigenvalue weighted by Gasteiger charge is -2.08. The zero-order valence-corrected chi connectivity index (χ0v) is 14.9. The van der Waals surface area contributed by atoms with Gasteiger partial charge in [-0.1, -0.05) is 17.7 Å². The number of amides is 2. The number of hydrogen-bond acceptors (Lipinski definition) is 5. The number of rotatable bonds is 6. The van der Waals surface area contributed by atoms with Crippen LogP contribution in [0.2, 0.25) is 4.34 Å². The van der Waals surface area contributed by atoms with Gasteiger partial charge in [-0.2, -0.15) is 0 Å². The topological polar surface area (TPSA) is 104 Å². The molecule has 1 heterocycles. The second-order valence-electron chi connectivity index (χ2n) is 4.69. The standard InChI is InChI=1S/C14H14ClN3O4S2/c1-9(19)17-10-3-2-4-11(7-10)18-13(20)8-16-24(21,22)14-6-5-12(15)23-14/h2-7,16H,8H2,1H3,(H,17,19)(H,18,20). The first-order chi connectivity index (χ1) is 11.3. The molecule has 2 amide bonds. The maximum absolute atomic E-state index is 12.0. The summed E-state index contributed by atoms with van der Waals surface area (Å²) in [7, 11) is -3.78. The molecule has 0 saturated carbocycles. The van der Waals surface area contributed by atoms with Crippen molar-refractivity contribution in [1.82, 2.24) is 4.72 Å². The van der Waals surface area contributed by atoms with Crippen LogP contribution in [0.4, 0.5) is 11.4 Å². The van der Waals surface area contributed by atoms with E-state index in [2.05, 4.69) is 15.4 Å². The van der Waals surface area contributed by atoms with E-state index in [0.717, 1.165) is 11.3 Å². The molecule has 7 nitrogen and oxygen atoms in total. The predicted octanol–water partition coefficient (Wildman–Crippen LogP) is 2.28. The first-order valence-corrected chi connectivity index (χ1v) is 9.36. The normalized spacial score (nSPS) is 11.1. The molecule has 0 radical (unpaired) electrons. The molecule has 0 aliphatic heterocycles. The number of benzene rings is 1. The first-order valence-electron chi connectivity index (χ1n) is 6.69. The third kappa shape index (κ3) is 5.31. The third-order valence-electron chi connectivity index (χ3n) is 2.70. The SMILES string of the molecule is CC(=O)Nc1cccc(NC(=O)CNS(=O)(=O)c2ccc(Cl)s2)c1. The van der Waals surface area contributed by atoms with Crippen LogP contribution >= 0.6 is 22.9 Å². The number of thiophene rings is 1. The van der Waals surface area contributed by atoms with E-state index in [1.807, 2.05) is 0 Å². The van der Waals surface area contributed by atoms with E-state index in [0.29, 0.717) is 15.7 Å². The number of carbonyl (C=O) groups excluding carboxylic acids is 2. The molecule has 2 aromatic rings. The van der Waals surface area contributed by atoms with E-state index in [9.17, 15) is 18.0 Å². The highest BCUT2D eigenvalue weighted by Gasteiger charge is 2.17. The maximum Gasteiger partial charge on any atom is 0.250 e. The first kappa shape index (κ1) is 18.4. The van der Waals surface area contributed by atoms with Crippen molar-refractivity contribution in [3.8, 4) is 0 Å². The van der Waals surface area contributed by atoms with Crippen molar-refractivity contribution >= 4 is 56.2 Å². The fourth-order valence-electron chi connectivity index (χ4n) is 1.76. The van der Waals surface area contributed by atoms with Gasteiger partial charge < -0.3 is 10.6 Å². The molecule has 128 valence electrons. The van der Waals surface area contributed by atoms with Gasteiger partial charge in [0.25, 0.3) is 10.0 Å². The van der Waals surface area contributed by atoms with E-state index in [4.69, 9.17) is 11.6 Å². The minimum atomic E-state index is -3.78. The number of anilines is 2. The molecule has 1 aromatic heterocycles. The van der Waals surface area contributed by atoms with Crippen molar-refractivity contribution in [3.05, 3.63) is 40.7 Å². The fraction of sp³-hybridized carbons (Fsp3) is 0.143. The van der Waals surface area contributed by atoms with Crippen molar-refractivity contribution in [3.63, 3.8) is 0 Å². The summed E-state index contributed by atoms with van der Waals surface area (Å²) in [5, 5.41) is 5.13. The Bertz CT molecular complexity index is 864. The second kappa shape index (κ2) is 7.75. The molecular formula is C14H14ClN3O4S2. The van der Waals surface area contributed by atoms with Gasteiger partial charge in [-0.3, -0.25) is 9.59 Å². The summed E-state index contributed by atoms with van der Waals surface area (Å²) < 4.78 is 26.6. The molecule has 0 fully saturated rings. The molecule has 10 heteroatoms. The van der Waals surface area contributed by atoms with Gasteiger partial charge in [0.15, 0.2) is 0 Å². The Morgan fingerprint density at radius 1 is 1.12 bits per heavy atom. The van der Waals surface area contributed by atoms with Crippen LogP contribution in [0.3, 0.4) is 0 Å². The van der Waals surface area contributed by atoms with Crippen molar-refractivity contribution < 1.29 is 18.0 Å². The second-order valence-corrected chi connectivity index (χ2v) is 8.40. The molecule has 2 rings (SSSR count). The molecule has 0 bridgehead atoms. The van der Waals surface area contributed by atoms with Gasteiger partial charge in [-0.05, 0) is 30.3 Å². The molecule has 0 aliphatic carbocycles.